The summed E-state index contributed by atoms with van der Waals surface area (Å²) in [5.41, 5.74) is 3.83. The van der Waals surface area contributed by atoms with Gasteiger partial charge in [-0.1, -0.05) is 36.4 Å². The van der Waals surface area contributed by atoms with Crippen LogP contribution in [-0.2, 0) is 21.2 Å². The molecule has 2 aromatic rings. The Morgan fingerprint density at radius 1 is 1.19 bits per heavy atom. The first-order valence-corrected chi connectivity index (χ1v) is 10.6. The van der Waals surface area contributed by atoms with Crippen LogP contribution in [0.3, 0.4) is 0 Å². The number of benzene rings is 2. The number of aryl methyl sites for hydroxylation is 2. The SMILES string of the molecule is Cc1cccc(N(CC(=O)N[C@H]2CCCc3ccccc32)S(C)(=O)=O)c1. The normalized spacial score (nSPS) is 16.6. The van der Waals surface area contributed by atoms with E-state index in [1.54, 1.807) is 18.2 Å². The first-order chi connectivity index (χ1) is 12.3. The molecule has 26 heavy (non-hydrogen) atoms. The fourth-order valence-corrected chi connectivity index (χ4v) is 4.31. The third-order valence-electron chi connectivity index (χ3n) is 4.68. The van der Waals surface area contributed by atoms with Crippen LogP contribution >= 0.6 is 0 Å². The zero-order valence-corrected chi connectivity index (χ0v) is 15.9. The Kier molecular flexibility index (Phi) is 5.32. The summed E-state index contributed by atoms with van der Waals surface area (Å²) in [6, 6.07) is 15.2. The fraction of sp³-hybridized carbons (Fsp3) is 0.350. The van der Waals surface area contributed by atoms with Crippen LogP contribution in [0.5, 0.6) is 0 Å². The Bertz CT molecular complexity index is 909. The second-order valence-corrected chi connectivity index (χ2v) is 8.73. The van der Waals surface area contributed by atoms with Crippen molar-refractivity contribution in [2.24, 2.45) is 0 Å². The van der Waals surface area contributed by atoms with Crippen LogP contribution in [0.2, 0.25) is 0 Å². The van der Waals surface area contributed by atoms with Gasteiger partial charge < -0.3 is 5.32 Å². The highest BCUT2D eigenvalue weighted by Crippen LogP contribution is 2.29. The Labute approximate surface area is 155 Å². The number of rotatable bonds is 5. The molecule has 0 aliphatic heterocycles. The maximum atomic E-state index is 12.6. The molecule has 1 aliphatic carbocycles. The molecule has 1 atom stereocenters. The van der Waals surface area contributed by atoms with Crippen LogP contribution < -0.4 is 9.62 Å². The Morgan fingerprint density at radius 2 is 1.96 bits per heavy atom. The van der Waals surface area contributed by atoms with E-state index in [2.05, 4.69) is 11.4 Å². The number of sulfonamides is 1. The maximum Gasteiger partial charge on any atom is 0.241 e. The van der Waals surface area contributed by atoms with Gasteiger partial charge in [-0.3, -0.25) is 9.10 Å². The largest absolute Gasteiger partial charge is 0.348 e. The van der Waals surface area contributed by atoms with Gasteiger partial charge in [0.25, 0.3) is 0 Å². The summed E-state index contributed by atoms with van der Waals surface area (Å²) < 4.78 is 25.6. The second kappa shape index (κ2) is 7.50. The molecule has 6 heteroatoms. The summed E-state index contributed by atoms with van der Waals surface area (Å²) in [5.74, 6) is -0.293. The molecule has 138 valence electrons. The van der Waals surface area contributed by atoms with Crippen molar-refractivity contribution in [3.63, 3.8) is 0 Å². The molecule has 3 rings (SSSR count). The summed E-state index contributed by atoms with van der Waals surface area (Å²) in [6.07, 6.45) is 4.02. The van der Waals surface area contributed by atoms with E-state index in [-0.39, 0.29) is 18.5 Å². The Morgan fingerprint density at radius 3 is 2.69 bits per heavy atom. The molecular weight excluding hydrogens is 348 g/mol. The van der Waals surface area contributed by atoms with E-state index in [9.17, 15) is 13.2 Å². The highest BCUT2D eigenvalue weighted by Gasteiger charge is 2.25. The van der Waals surface area contributed by atoms with Gasteiger partial charge in [0.05, 0.1) is 18.0 Å². The van der Waals surface area contributed by atoms with Gasteiger partial charge >= 0.3 is 0 Å². The van der Waals surface area contributed by atoms with Crippen LogP contribution in [0, 0.1) is 6.92 Å². The van der Waals surface area contributed by atoms with Gasteiger partial charge in [0.2, 0.25) is 15.9 Å². The molecule has 0 heterocycles. The van der Waals surface area contributed by atoms with Crippen LogP contribution in [-0.4, -0.2) is 27.1 Å². The van der Waals surface area contributed by atoms with E-state index in [1.165, 1.54) is 5.56 Å². The van der Waals surface area contributed by atoms with Crippen LogP contribution in [0.15, 0.2) is 48.5 Å². The zero-order chi connectivity index (χ0) is 18.7. The number of fused-ring (bicyclic) bond motifs is 1. The van der Waals surface area contributed by atoms with Crippen molar-refractivity contribution in [3.8, 4) is 0 Å². The number of hydrogen-bond donors (Lipinski definition) is 1. The first-order valence-electron chi connectivity index (χ1n) is 8.76. The van der Waals surface area contributed by atoms with E-state index in [0.29, 0.717) is 5.69 Å². The van der Waals surface area contributed by atoms with Gasteiger partial charge in [0.1, 0.15) is 6.54 Å². The minimum absolute atomic E-state index is 0.0635. The first kappa shape index (κ1) is 18.5. The van der Waals surface area contributed by atoms with Gasteiger partial charge in [-0.05, 0) is 55.0 Å². The monoisotopic (exact) mass is 372 g/mol. The molecular formula is C20H24N2O3S. The molecule has 5 nitrogen and oxygen atoms in total. The fourth-order valence-electron chi connectivity index (χ4n) is 3.46. The predicted octanol–water partition coefficient (Wildman–Crippen LogP) is 2.95. The number of amides is 1. The lowest BCUT2D eigenvalue weighted by atomic mass is 9.88. The maximum absolute atomic E-state index is 12.6. The molecule has 0 unspecified atom stereocenters. The van der Waals surface area contributed by atoms with Crippen molar-refractivity contribution in [1.29, 1.82) is 0 Å². The Balaban J connectivity index is 1.77. The third kappa shape index (κ3) is 4.25. The predicted molar refractivity (Wildman–Crippen MR) is 104 cm³/mol. The van der Waals surface area contributed by atoms with Crippen molar-refractivity contribution in [1.82, 2.24) is 5.32 Å². The van der Waals surface area contributed by atoms with E-state index in [4.69, 9.17) is 0 Å². The molecule has 0 aromatic heterocycles. The molecule has 0 saturated heterocycles. The van der Waals surface area contributed by atoms with Crippen LogP contribution in [0.4, 0.5) is 5.69 Å². The molecule has 2 aromatic carbocycles. The summed E-state index contributed by atoms with van der Waals surface area (Å²) in [5, 5.41) is 3.02. The molecule has 0 spiro atoms. The number of hydrogen-bond acceptors (Lipinski definition) is 3. The summed E-state index contributed by atoms with van der Waals surface area (Å²) in [6.45, 7) is 1.67. The third-order valence-corrected chi connectivity index (χ3v) is 5.82. The van der Waals surface area contributed by atoms with Gasteiger partial charge in [-0.2, -0.15) is 0 Å². The zero-order valence-electron chi connectivity index (χ0n) is 15.1. The molecule has 0 fully saturated rings. The number of carbonyl (C=O) groups is 1. The number of carbonyl (C=O) groups excluding carboxylic acids is 1. The highest BCUT2D eigenvalue weighted by atomic mass is 32.2. The van der Waals surface area contributed by atoms with E-state index in [0.717, 1.165) is 41.0 Å². The molecule has 0 saturated carbocycles. The summed E-state index contributed by atoms with van der Waals surface area (Å²) in [4.78, 5) is 12.6. The van der Waals surface area contributed by atoms with Gasteiger partial charge in [-0.25, -0.2) is 8.42 Å². The average Bonchev–Trinajstić information content (AvgIpc) is 2.59. The quantitative estimate of drug-likeness (QED) is 0.877. The molecule has 0 bridgehead atoms. The molecule has 1 N–H and O–H groups in total. The molecule has 1 aliphatic rings. The summed E-state index contributed by atoms with van der Waals surface area (Å²) >= 11 is 0. The van der Waals surface area contributed by atoms with Crippen molar-refractivity contribution < 1.29 is 13.2 Å². The van der Waals surface area contributed by atoms with E-state index < -0.39 is 10.0 Å². The minimum Gasteiger partial charge on any atom is -0.348 e. The number of nitrogens with zero attached hydrogens (tertiary/aromatic N) is 1. The summed E-state index contributed by atoms with van der Waals surface area (Å²) in [7, 11) is -3.56. The Hall–Kier alpha value is -2.34. The van der Waals surface area contributed by atoms with Crippen molar-refractivity contribution >= 4 is 21.6 Å². The van der Waals surface area contributed by atoms with Crippen molar-refractivity contribution in [3.05, 3.63) is 65.2 Å². The second-order valence-electron chi connectivity index (χ2n) is 6.82. The highest BCUT2D eigenvalue weighted by molar-refractivity contribution is 7.92. The molecule has 0 radical (unpaired) electrons. The molecule has 1 amide bonds. The number of anilines is 1. The lowest BCUT2D eigenvalue weighted by Crippen LogP contribution is -2.42. The van der Waals surface area contributed by atoms with E-state index >= 15 is 0 Å². The standard InChI is InChI=1S/C20H24N2O3S/c1-15-7-5-10-17(13-15)22(26(2,24)25)14-20(23)21-19-12-6-9-16-8-3-4-11-18(16)19/h3-5,7-8,10-11,13,19H,6,9,12,14H2,1-2H3,(H,21,23)/t19-/m0/s1. The minimum atomic E-state index is -3.56. The van der Waals surface area contributed by atoms with Gasteiger partial charge in [0, 0.05) is 0 Å². The smallest absolute Gasteiger partial charge is 0.241 e. The van der Waals surface area contributed by atoms with Crippen molar-refractivity contribution in [2.45, 2.75) is 32.2 Å². The van der Waals surface area contributed by atoms with Gasteiger partial charge in [0.15, 0.2) is 0 Å². The average molecular weight is 372 g/mol. The lowest BCUT2D eigenvalue weighted by molar-refractivity contribution is -0.120. The van der Waals surface area contributed by atoms with Crippen LogP contribution in [0.1, 0.15) is 35.6 Å². The van der Waals surface area contributed by atoms with Crippen molar-refractivity contribution in [2.75, 3.05) is 17.1 Å². The van der Waals surface area contributed by atoms with E-state index in [1.807, 2.05) is 31.2 Å². The topological polar surface area (TPSA) is 66.5 Å². The lowest BCUT2D eigenvalue weighted by Gasteiger charge is -2.28. The van der Waals surface area contributed by atoms with Gasteiger partial charge in [-0.15, -0.1) is 0 Å². The van der Waals surface area contributed by atoms with Crippen LogP contribution in [0.25, 0.3) is 0 Å². The number of nitrogens with one attached hydrogen (secondary N) is 1.